The highest BCUT2D eigenvalue weighted by Gasteiger charge is 2.24. The lowest BCUT2D eigenvalue weighted by Crippen LogP contribution is -2.29. The fourth-order valence-corrected chi connectivity index (χ4v) is 2.18. The third-order valence-electron chi connectivity index (χ3n) is 3.54. The van der Waals surface area contributed by atoms with Gasteiger partial charge in [0.05, 0.1) is 5.60 Å². The van der Waals surface area contributed by atoms with Gasteiger partial charge in [-0.1, -0.05) is 30.7 Å². The zero-order valence-corrected chi connectivity index (χ0v) is 11.2. The largest absolute Gasteiger partial charge is 0.390 e. The second kappa shape index (κ2) is 5.67. The zero-order chi connectivity index (χ0) is 12.2. The van der Waals surface area contributed by atoms with E-state index in [0.717, 1.165) is 12.8 Å². The Morgan fingerprint density at radius 1 is 1.25 bits per heavy atom. The molecule has 0 amide bonds. The lowest BCUT2D eigenvalue weighted by molar-refractivity contribution is 0.0336. The number of rotatable bonds is 1. The zero-order valence-electron chi connectivity index (χ0n) is 11.2. The van der Waals surface area contributed by atoms with Gasteiger partial charge in [-0.3, -0.25) is 0 Å². The first kappa shape index (κ1) is 13.5. The fraction of sp³-hybridized carbons (Fsp3) is 0.733. The summed E-state index contributed by atoms with van der Waals surface area (Å²) in [6.07, 6.45) is 11.4. The van der Waals surface area contributed by atoms with Gasteiger partial charge in [-0.2, -0.15) is 0 Å². The van der Waals surface area contributed by atoms with Crippen LogP contribution in [0, 0.1) is 11.8 Å². The van der Waals surface area contributed by atoms with Crippen molar-refractivity contribution in [2.24, 2.45) is 11.8 Å². The monoisotopic (exact) mass is 222 g/mol. The molecule has 1 heteroatoms. The molecule has 0 unspecified atom stereocenters. The highest BCUT2D eigenvalue weighted by Crippen LogP contribution is 2.27. The maximum atomic E-state index is 10.1. The summed E-state index contributed by atoms with van der Waals surface area (Å²) in [5.74, 6) is 0.892. The molecule has 0 saturated heterocycles. The first-order valence-electron chi connectivity index (χ1n) is 6.46. The molecule has 92 valence electrons. The van der Waals surface area contributed by atoms with Crippen LogP contribution < -0.4 is 0 Å². The van der Waals surface area contributed by atoms with Gasteiger partial charge in [0.2, 0.25) is 0 Å². The summed E-state index contributed by atoms with van der Waals surface area (Å²) < 4.78 is 0. The molecule has 0 radical (unpaired) electrons. The standard InChI is InChI=1S/C15H26O/c1-12-6-5-7-13(2)9-11-14(10-8-12)15(3,4)16/h6,9,11,13-14,16H,5,7-8,10H2,1-4H3/b11-9+,12-6-/t13-,14-/m1/s1. The van der Waals surface area contributed by atoms with E-state index in [-0.39, 0.29) is 5.92 Å². The van der Waals surface area contributed by atoms with Crippen molar-refractivity contribution < 1.29 is 5.11 Å². The fourth-order valence-electron chi connectivity index (χ4n) is 2.18. The minimum atomic E-state index is -0.601. The highest BCUT2D eigenvalue weighted by molar-refractivity contribution is 5.05. The molecule has 0 aromatic heterocycles. The second-order valence-corrected chi connectivity index (χ2v) is 5.79. The van der Waals surface area contributed by atoms with Crippen molar-refractivity contribution in [1.82, 2.24) is 0 Å². The van der Waals surface area contributed by atoms with E-state index in [1.165, 1.54) is 18.4 Å². The molecule has 1 nitrogen and oxygen atoms in total. The lowest BCUT2D eigenvalue weighted by atomic mass is 9.84. The quantitative estimate of drug-likeness (QED) is 0.663. The number of aliphatic hydroxyl groups is 1. The highest BCUT2D eigenvalue weighted by atomic mass is 16.3. The third-order valence-corrected chi connectivity index (χ3v) is 3.54. The van der Waals surface area contributed by atoms with E-state index in [0.29, 0.717) is 5.92 Å². The van der Waals surface area contributed by atoms with Crippen molar-refractivity contribution >= 4 is 0 Å². The maximum Gasteiger partial charge on any atom is 0.0654 e. The molecule has 0 saturated carbocycles. The first-order chi connectivity index (χ1) is 7.39. The van der Waals surface area contributed by atoms with Crippen LogP contribution >= 0.6 is 0 Å². The molecular formula is C15H26O. The molecule has 0 fully saturated rings. The smallest absolute Gasteiger partial charge is 0.0654 e. The number of hydrogen-bond acceptors (Lipinski definition) is 1. The van der Waals surface area contributed by atoms with Gasteiger partial charge < -0.3 is 5.11 Å². The van der Waals surface area contributed by atoms with Crippen LogP contribution in [-0.4, -0.2) is 10.7 Å². The molecule has 1 rings (SSSR count). The summed E-state index contributed by atoms with van der Waals surface area (Å²) in [6, 6.07) is 0. The minimum absolute atomic E-state index is 0.274. The van der Waals surface area contributed by atoms with Crippen molar-refractivity contribution in [2.45, 2.75) is 59.0 Å². The molecule has 1 N–H and O–H groups in total. The van der Waals surface area contributed by atoms with E-state index in [1.807, 2.05) is 13.8 Å². The first-order valence-corrected chi connectivity index (χ1v) is 6.46. The molecule has 16 heavy (non-hydrogen) atoms. The van der Waals surface area contributed by atoms with E-state index in [2.05, 4.69) is 32.1 Å². The van der Waals surface area contributed by atoms with Crippen molar-refractivity contribution in [3.63, 3.8) is 0 Å². The van der Waals surface area contributed by atoms with E-state index in [9.17, 15) is 5.11 Å². The third kappa shape index (κ3) is 4.52. The summed E-state index contributed by atoms with van der Waals surface area (Å²) in [7, 11) is 0. The molecule has 1 aliphatic rings. The number of hydrogen-bond donors (Lipinski definition) is 1. The molecule has 2 atom stereocenters. The van der Waals surface area contributed by atoms with Crippen LogP contribution in [0.3, 0.4) is 0 Å². The normalized spacial score (nSPS) is 33.9. The SMILES string of the molecule is C/C1=C/CC[C@@H](C)/C=C/[C@H](C(C)(C)O)CC1. The predicted octanol–water partition coefficient (Wildman–Crippen LogP) is 4.09. The van der Waals surface area contributed by atoms with Crippen LogP contribution in [0.1, 0.15) is 53.4 Å². The number of allylic oxidation sites excluding steroid dienone is 3. The molecule has 0 heterocycles. The predicted molar refractivity (Wildman–Crippen MR) is 70.3 cm³/mol. The van der Waals surface area contributed by atoms with E-state index in [1.54, 1.807) is 0 Å². The Balaban J connectivity index is 2.76. The Kier molecular flexibility index (Phi) is 4.79. The molecule has 0 aromatic carbocycles. The summed E-state index contributed by atoms with van der Waals surface area (Å²) in [5, 5.41) is 10.1. The molecule has 0 bridgehead atoms. The van der Waals surface area contributed by atoms with Crippen molar-refractivity contribution in [3.05, 3.63) is 23.8 Å². The van der Waals surface area contributed by atoms with Gasteiger partial charge in [-0.05, 0) is 52.4 Å². The Hall–Kier alpha value is -0.560. The Morgan fingerprint density at radius 2 is 1.94 bits per heavy atom. The lowest BCUT2D eigenvalue weighted by Gasteiger charge is -2.27. The van der Waals surface area contributed by atoms with E-state index in [4.69, 9.17) is 0 Å². The average Bonchev–Trinajstić information content (AvgIpc) is 2.15. The average molecular weight is 222 g/mol. The van der Waals surface area contributed by atoms with Crippen molar-refractivity contribution in [1.29, 1.82) is 0 Å². The molecule has 0 spiro atoms. The van der Waals surface area contributed by atoms with E-state index >= 15 is 0 Å². The van der Waals surface area contributed by atoms with Crippen molar-refractivity contribution in [2.75, 3.05) is 0 Å². The van der Waals surface area contributed by atoms with Crippen LogP contribution in [-0.2, 0) is 0 Å². The van der Waals surface area contributed by atoms with Crippen molar-refractivity contribution in [3.8, 4) is 0 Å². The van der Waals surface area contributed by atoms with Gasteiger partial charge in [0.1, 0.15) is 0 Å². The summed E-state index contributed by atoms with van der Waals surface area (Å²) in [5.41, 5.74) is 0.868. The second-order valence-electron chi connectivity index (χ2n) is 5.79. The minimum Gasteiger partial charge on any atom is -0.390 e. The topological polar surface area (TPSA) is 20.2 Å². The van der Waals surface area contributed by atoms with Crippen LogP contribution in [0.4, 0.5) is 0 Å². The molecule has 1 aliphatic carbocycles. The summed E-state index contributed by atoms with van der Waals surface area (Å²) >= 11 is 0. The summed E-state index contributed by atoms with van der Waals surface area (Å²) in [4.78, 5) is 0. The van der Waals surface area contributed by atoms with Gasteiger partial charge in [-0.15, -0.1) is 0 Å². The Bertz CT molecular complexity index is 268. The maximum absolute atomic E-state index is 10.1. The van der Waals surface area contributed by atoms with Gasteiger partial charge in [-0.25, -0.2) is 0 Å². The van der Waals surface area contributed by atoms with Gasteiger partial charge in [0, 0.05) is 5.92 Å². The van der Waals surface area contributed by atoms with Gasteiger partial charge in [0.25, 0.3) is 0 Å². The van der Waals surface area contributed by atoms with Crippen LogP contribution in [0.5, 0.6) is 0 Å². The van der Waals surface area contributed by atoms with Crippen LogP contribution in [0.25, 0.3) is 0 Å². The van der Waals surface area contributed by atoms with Crippen LogP contribution in [0.15, 0.2) is 23.8 Å². The Morgan fingerprint density at radius 3 is 2.56 bits per heavy atom. The molecule has 0 aromatic rings. The molecular weight excluding hydrogens is 196 g/mol. The summed E-state index contributed by atoms with van der Waals surface area (Å²) in [6.45, 7) is 8.29. The van der Waals surface area contributed by atoms with E-state index < -0.39 is 5.60 Å². The van der Waals surface area contributed by atoms with Gasteiger partial charge >= 0.3 is 0 Å². The van der Waals surface area contributed by atoms with Gasteiger partial charge in [0.15, 0.2) is 0 Å². The van der Waals surface area contributed by atoms with Crippen LogP contribution in [0.2, 0.25) is 0 Å². The Labute approximate surface area is 100 Å². The molecule has 0 aliphatic heterocycles.